The maximum absolute atomic E-state index is 13.1. The first kappa shape index (κ1) is 11.0. The van der Waals surface area contributed by atoms with E-state index in [4.69, 9.17) is 5.73 Å². The van der Waals surface area contributed by atoms with Crippen molar-refractivity contribution in [3.63, 3.8) is 0 Å². The lowest BCUT2D eigenvalue weighted by Crippen LogP contribution is -2.19. The zero-order chi connectivity index (χ0) is 10.7. The topological polar surface area (TPSA) is 26.0 Å². The van der Waals surface area contributed by atoms with Gasteiger partial charge in [-0.3, -0.25) is 0 Å². The van der Waals surface area contributed by atoms with Crippen LogP contribution in [0.15, 0.2) is 12.1 Å². The summed E-state index contributed by atoms with van der Waals surface area (Å²) in [6, 6.07) is 1.89. The van der Waals surface area contributed by atoms with E-state index in [1.807, 2.05) is 0 Å². The third-order valence-corrected chi connectivity index (χ3v) is 1.86. The third-order valence-electron chi connectivity index (χ3n) is 1.86. The lowest BCUT2D eigenvalue weighted by Gasteiger charge is -2.08. The van der Waals surface area contributed by atoms with Crippen LogP contribution in [0.1, 0.15) is 18.1 Å². The number of rotatable bonds is 3. The molecule has 0 aliphatic rings. The molecule has 0 aliphatic carbocycles. The second-order valence-corrected chi connectivity index (χ2v) is 3.37. The van der Waals surface area contributed by atoms with Crippen LogP contribution in [-0.4, -0.2) is 6.04 Å². The van der Waals surface area contributed by atoms with Crippen molar-refractivity contribution in [1.29, 1.82) is 0 Å². The van der Waals surface area contributed by atoms with Gasteiger partial charge in [0.05, 0.1) is 0 Å². The second-order valence-electron chi connectivity index (χ2n) is 3.37. The van der Waals surface area contributed by atoms with Gasteiger partial charge in [-0.05, 0) is 30.5 Å². The smallest absolute Gasteiger partial charge is 0.162 e. The van der Waals surface area contributed by atoms with Crippen LogP contribution in [0, 0.1) is 11.6 Å². The predicted molar refractivity (Wildman–Crippen MR) is 48.5 cm³/mol. The fourth-order valence-corrected chi connectivity index (χ4v) is 1.28. The first-order valence-corrected chi connectivity index (χ1v) is 4.33. The molecule has 1 unspecified atom stereocenters. The monoisotopic (exact) mass is 203 g/mol. The van der Waals surface area contributed by atoms with Crippen LogP contribution >= 0.6 is 0 Å². The molecule has 1 rings (SSSR count). The molecule has 0 bridgehead atoms. The SMILES string of the molecule is CC(N)Cc1cc(CF)cc(F)c1F. The molecule has 2 N–H and O–H groups in total. The maximum Gasteiger partial charge on any atom is 0.162 e. The van der Waals surface area contributed by atoms with Crippen molar-refractivity contribution >= 4 is 0 Å². The van der Waals surface area contributed by atoms with Gasteiger partial charge in [-0.1, -0.05) is 6.07 Å². The first-order valence-electron chi connectivity index (χ1n) is 4.33. The number of hydrogen-bond acceptors (Lipinski definition) is 1. The minimum Gasteiger partial charge on any atom is -0.328 e. The summed E-state index contributed by atoms with van der Waals surface area (Å²) in [6.07, 6.45) is 0.205. The summed E-state index contributed by atoms with van der Waals surface area (Å²) in [5.74, 6) is -1.95. The largest absolute Gasteiger partial charge is 0.328 e. The molecule has 14 heavy (non-hydrogen) atoms. The van der Waals surface area contributed by atoms with Crippen LogP contribution in [0.25, 0.3) is 0 Å². The van der Waals surface area contributed by atoms with Gasteiger partial charge in [0.25, 0.3) is 0 Å². The molecule has 0 radical (unpaired) electrons. The van der Waals surface area contributed by atoms with Crippen molar-refractivity contribution in [1.82, 2.24) is 0 Å². The molecule has 0 spiro atoms. The molecular formula is C10H12F3N. The van der Waals surface area contributed by atoms with E-state index in [1.54, 1.807) is 6.92 Å². The molecule has 4 heteroatoms. The molecular weight excluding hydrogens is 191 g/mol. The van der Waals surface area contributed by atoms with Gasteiger partial charge in [-0.25, -0.2) is 13.2 Å². The summed E-state index contributed by atoms with van der Waals surface area (Å²) >= 11 is 0. The molecule has 1 aromatic rings. The average Bonchev–Trinajstić information content (AvgIpc) is 2.11. The van der Waals surface area contributed by atoms with E-state index >= 15 is 0 Å². The summed E-state index contributed by atoms with van der Waals surface area (Å²) in [6.45, 7) is 0.878. The Morgan fingerprint density at radius 2 is 2.00 bits per heavy atom. The molecule has 0 heterocycles. The van der Waals surface area contributed by atoms with Crippen molar-refractivity contribution in [2.75, 3.05) is 0 Å². The number of hydrogen-bond donors (Lipinski definition) is 1. The van der Waals surface area contributed by atoms with E-state index in [9.17, 15) is 13.2 Å². The predicted octanol–water partition coefficient (Wildman–Crippen LogP) is 2.32. The van der Waals surface area contributed by atoms with Crippen molar-refractivity contribution in [2.24, 2.45) is 5.73 Å². The van der Waals surface area contributed by atoms with E-state index in [0.717, 1.165) is 6.07 Å². The van der Waals surface area contributed by atoms with E-state index < -0.39 is 18.3 Å². The Balaban J connectivity index is 3.07. The maximum atomic E-state index is 13.1. The molecule has 78 valence electrons. The van der Waals surface area contributed by atoms with E-state index in [-0.39, 0.29) is 23.6 Å². The van der Waals surface area contributed by atoms with Gasteiger partial charge in [0.1, 0.15) is 6.67 Å². The summed E-state index contributed by atoms with van der Waals surface area (Å²) in [5, 5.41) is 0. The first-order chi connectivity index (χ1) is 6.54. The standard InChI is InChI=1S/C10H12F3N/c1-6(14)2-8-3-7(5-11)4-9(12)10(8)13/h3-4,6H,2,5,14H2,1H3. The van der Waals surface area contributed by atoms with Crippen LogP contribution in [-0.2, 0) is 13.1 Å². The quantitative estimate of drug-likeness (QED) is 0.801. The van der Waals surface area contributed by atoms with Gasteiger partial charge < -0.3 is 5.73 Å². The number of halogens is 3. The Morgan fingerprint density at radius 1 is 1.36 bits per heavy atom. The van der Waals surface area contributed by atoms with Crippen molar-refractivity contribution in [2.45, 2.75) is 26.1 Å². The molecule has 1 atom stereocenters. The molecule has 0 aliphatic heterocycles. The van der Waals surface area contributed by atoms with Gasteiger partial charge in [-0.15, -0.1) is 0 Å². The Morgan fingerprint density at radius 3 is 2.50 bits per heavy atom. The Labute approximate surface area is 80.7 Å². The van der Waals surface area contributed by atoms with Gasteiger partial charge in [-0.2, -0.15) is 0 Å². The molecule has 0 amide bonds. The molecule has 1 nitrogen and oxygen atoms in total. The van der Waals surface area contributed by atoms with Gasteiger partial charge in [0.2, 0.25) is 0 Å². The molecule has 0 saturated heterocycles. The zero-order valence-corrected chi connectivity index (χ0v) is 7.86. The summed E-state index contributed by atoms with van der Waals surface area (Å²) < 4.78 is 38.3. The van der Waals surface area contributed by atoms with Crippen molar-refractivity contribution in [3.8, 4) is 0 Å². The van der Waals surface area contributed by atoms with Crippen molar-refractivity contribution in [3.05, 3.63) is 34.9 Å². The molecule has 0 fully saturated rings. The van der Waals surface area contributed by atoms with E-state index in [2.05, 4.69) is 0 Å². The Kier molecular flexibility index (Phi) is 3.52. The summed E-state index contributed by atoms with van der Waals surface area (Å²) in [5.41, 5.74) is 5.72. The fourth-order valence-electron chi connectivity index (χ4n) is 1.28. The Hall–Kier alpha value is -1.03. The van der Waals surface area contributed by atoms with Crippen LogP contribution in [0.5, 0.6) is 0 Å². The van der Waals surface area contributed by atoms with Crippen LogP contribution in [0.4, 0.5) is 13.2 Å². The minimum atomic E-state index is -1.02. The van der Waals surface area contributed by atoms with E-state index in [0.29, 0.717) is 0 Å². The Bertz CT molecular complexity index is 323. The average molecular weight is 203 g/mol. The highest BCUT2D eigenvalue weighted by Gasteiger charge is 2.11. The lowest BCUT2D eigenvalue weighted by atomic mass is 10.0. The van der Waals surface area contributed by atoms with Crippen LogP contribution in [0.2, 0.25) is 0 Å². The summed E-state index contributed by atoms with van der Waals surface area (Å²) in [7, 11) is 0. The molecule has 0 aromatic heterocycles. The molecule has 0 saturated carbocycles. The third kappa shape index (κ3) is 2.48. The summed E-state index contributed by atoms with van der Waals surface area (Å²) in [4.78, 5) is 0. The van der Waals surface area contributed by atoms with Crippen LogP contribution in [0.3, 0.4) is 0 Å². The molecule has 1 aromatic carbocycles. The number of alkyl halides is 1. The second kappa shape index (κ2) is 4.46. The highest BCUT2D eigenvalue weighted by atomic mass is 19.2. The minimum absolute atomic E-state index is 0.132. The normalized spacial score (nSPS) is 12.9. The van der Waals surface area contributed by atoms with Crippen LogP contribution < -0.4 is 5.73 Å². The zero-order valence-electron chi connectivity index (χ0n) is 7.86. The van der Waals surface area contributed by atoms with Crippen molar-refractivity contribution < 1.29 is 13.2 Å². The highest BCUT2D eigenvalue weighted by Crippen LogP contribution is 2.17. The van der Waals surface area contributed by atoms with Gasteiger partial charge in [0.15, 0.2) is 11.6 Å². The fraction of sp³-hybridized carbons (Fsp3) is 0.400. The van der Waals surface area contributed by atoms with Gasteiger partial charge in [0, 0.05) is 6.04 Å². The van der Waals surface area contributed by atoms with E-state index in [1.165, 1.54) is 6.07 Å². The number of benzene rings is 1. The highest BCUT2D eigenvalue weighted by molar-refractivity contribution is 5.26. The lowest BCUT2D eigenvalue weighted by molar-refractivity contribution is 0.466. The van der Waals surface area contributed by atoms with Gasteiger partial charge >= 0.3 is 0 Å². The number of nitrogens with two attached hydrogens (primary N) is 1.